The number of sulfonamides is 1. The van der Waals surface area contributed by atoms with Crippen molar-refractivity contribution in [2.24, 2.45) is 0 Å². The summed E-state index contributed by atoms with van der Waals surface area (Å²) in [7, 11) is -3.23. The summed E-state index contributed by atoms with van der Waals surface area (Å²) in [6, 6.07) is 7.28. The Morgan fingerprint density at radius 2 is 2.11 bits per heavy atom. The molecule has 0 aliphatic heterocycles. The fraction of sp³-hybridized carbons (Fsp3) is 0.364. The second kappa shape index (κ2) is 6.31. The van der Waals surface area contributed by atoms with Gasteiger partial charge < -0.3 is 4.90 Å². The highest BCUT2D eigenvalue weighted by atomic mass is 79.9. The van der Waals surface area contributed by atoms with Gasteiger partial charge in [-0.1, -0.05) is 22.0 Å². The minimum Gasteiger partial charge on any atom is -0.311 e. The van der Waals surface area contributed by atoms with Crippen LogP contribution in [0.5, 0.6) is 0 Å². The lowest BCUT2D eigenvalue weighted by Crippen LogP contribution is -2.37. The van der Waals surface area contributed by atoms with Gasteiger partial charge in [0.05, 0.1) is 6.26 Å². The van der Waals surface area contributed by atoms with Crippen LogP contribution in [0.4, 0.5) is 5.69 Å². The lowest BCUT2D eigenvalue weighted by molar-refractivity contribution is -0.116. The van der Waals surface area contributed by atoms with Gasteiger partial charge in [0.2, 0.25) is 15.9 Å². The average molecular weight is 335 g/mol. The summed E-state index contributed by atoms with van der Waals surface area (Å²) in [5.74, 6) is -0.136. The number of hydrogen-bond donors (Lipinski definition) is 1. The number of halogens is 1. The zero-order valence-corrected chi connectivity index (χ0v) is 12.6. The molecule has 1 aromatic rings. The molecular weight excluding hydrogens is 320 g/mol. The Kier molecular flexibility index (Phi) is 5.30. The molecule has 0 saturated heterocycles. The predicted molar refractivity (Wildman–Crippen MR) is 75.0 cm³/mol. The molecule has 0 saturated carbocycles. The van der Waals surface area contributed by atoms with Crippen molar-refractivity contribution in [3.63, 3.8) is 0 Å². The first kappa shape index (κ1) is 15.1. The number of amides is 1. The monoisotopic (exact) mass is 334 g/mol. The summed E-state index contributed by atoms with van der Waals surface area (Å²) in [6.07, 6.45) is 1.09. The van der Waals surface area contributed by atoms with Crippen molar-refractivity contribution in [1.82, 2.24) is 4.72 Å². The fourth-order valence-electron chi connectivity index (χ4n) is 1.46. The van der Waals surface area contributed by atoms with Crippen molar-refractivity contribution in [2.45, 2.75) is 6.92 Å². The van der Waals surface area contributed by atoms with Crippen LogP contribution in [0.1, 0.15) is 6.92 Å². The molecule has 0 spiro atoms. The number of anilines is 1. The highest BCUT2D eigenvalue weighted by molar-refractivity contribution is 9.10. The zero-order valence-electron chi connectivity index (χ0n) is 10.2. The maximum atomic E-state index is 11.5. The van der Waals surface area contributed by atoms with Crippen LogP contribution >= 0.6 is 15.9 Å². The Hall–Kier alpha value is -0.920. The van der Waals surface area contributed by atoms with Crippen LogP contribution in [0.15, 0.2) is 28.7 Å². The third-order valence-corrected chi connectivity index (χ3v) is 3.42. The molecule has 0 unspecified atom stereocenters. The summed E-state index contributed by atoms with van der Waals surface area (Å²) in [5.41, 5.74) is 0.729. The molecule has 100 valence electrons. The smallest absolute Gasteiger partial charge is 0.223 e. The summed E-state index contributed by atoms with van der Waals surface area (Å²) in [4.78, 5) is 13.1. The third-order valence-electron chi connectivity index (χ3n) is 2.20. The van der Waals surface area contributed by atoms with E-state index >= 15 is 0 Å². The highest BCUT2D eigenvalue weighted by Gasteiger charge is 2.12. The molecule has 1 aromatic carbocycles. The summed E-state index contributed by atoms with van der Waals surface area (Å²) in [5, 5.41) is 0. The van der Waals surface area contributed by atoms with E-state index in [1.165, 1.54) is 11.8 Å². The Balaban J connectivity index is 2.75. The molecule has 18 heavy (non-hydrogen) atoms. The molecule has 0 fully saturated rings. The van der Waals surface area contributed by atoms with Crippen LogP contribution in [0.2, 0.25) is 0 Å². The van der Waals surface area contributed by atoms with Crippen LogP contribution in [-0.4, -0.2) is 33.7 Å². The van der Waals surface area contributed by atoms with E-state index in [0.29, 0.717) is 6.54 Å². The number of benzene rings is 1. The van der Waals surface area contributed by atoms with E-state index in [-0.39, 0.29) is 12.5 Å². The predicted octanol–water partition coefficient (Wildman–Crippen LogP) is 1.35. The van der Waals surface area contributed by atoms with Crippen molar-refractivity contribution < 1.29 is 13.2 Å². The van der Waals surface area contributed by atoms with Crippen LogP contribution in [0.3, 0.4) is 0 Å². The van der Waals surface area contributed by atoms with Gasteiger partial charge in [0, 0.05) is 30.2 Å². The summed E-state index contributed by atoms with van der Waals surface area (Å²) in [6.45, 7) is 1.92. The van der Waals surface area contributed by atoms with E-state index in [4.69, 9.17) is 0 Å². The maximum absolute atomic E-state index is 11.5. The zero-order chi connectivity index (χ0) is 13.8. The van der Waals surface area contributed by atoms with Crippen molar-refractivity contribution in [3.05, 3.63) is 28.7 Å². The quantitative estimate of drug-likeness (QED) is 0.883. The number of nitrogens with zero attached hydrogens (tertiary/aromatic N) is 1. The SMILES string of the molecule is CC(=O)N(CCNS(C)(=O)=O)c1cccc(Br)c1. The van der Waals surface area contributed by atoms with Gasteiger partial charge in [-0.25, -0.2) is 13.1 Å². The molecule has 1 amide bonds. The maximum Gasteiger partial charge on any atom is 0.223 e. The van der Waals surface area contributed by atoms with Gasteiger partial charge in [-0.2, -0.15) is 0 Å². The fourth-order valence-corrected chi connectivity index (χ4v) is 2.30. The van der Waals surface area contributed by atoms with Gasteiger partial charge in [0.1, 0.15) is 0 Å². The molecule has 0 aliphatic carbocycles. The molecular formula is C11H15BrN2O3S. The van der Waals surface area contributed by atoms with E-state index in [2.05, 4.69) is 20.7 Å². The molecule has 1 N–H and O–H groups in total. The second-order valence-electron chi connectivity index (χ2n) is 3.82. The van der Waals surface area contributed by atoms with Gasteiger partial charge in [-0.15, -0.1) is 0 Å². The highest BCUT2D eigenvalue weighted by Crippen LogP contribution is 2.19. The largest absolute Gasteiger partial charge is 0.311 e. The number of carbonyl (C=O) groups is 1. The molecule has 0 atom stereocenters. The van der Waals surface area contributed by atoms with Gasteiger partial charge in [0.15, 0.2) is 0 Å². The average Bonchev–Trinajstić information content (AvgIpc) is 2.22. The molecule has 0 bridgehead atoms. The number of rotatable bonds is 5. The first-order valence-corrected chi connectivity index (χ1v) is 7.96. The van der Waals surface area contributed by atoms with Crippen molar-refractivity contribution >= 4 is 37.5 Å². The number of hydrogen-bond acceptors (Lipinski definition) is 3. The van der Waals surface area contributed by atoms with Crippen LogP contribution in [-0.2, 0) is 14.8 Å². The molecule has 1 rings (SSSR count). The number of carbonyl (C=O) groups excluding carboxylic acids is 1. The van der Waals surface area contributed by atoms with E-state index in [1.54, 1.807) is 6.07 Å². The lowest BCUT2D eigenvalue weighted by Gasteiger charge is -2.21. The van der Waals surface area contributed by atoms with Gasteiger partial charge in [-0.3, -0.25) is 4.79 Å². The minimum atomic E-state index is -3.23. The van der Waals surface area contributed by atoms with Gasteiger partial charge in [0.25, 0.3) is 0 Å². The van der Waals surface area contributed by atoms with E-state index in [1.807, 2.05) is 18.2 Å². The number of nitrogens with one attached hydrogen (secondary N) is 1. The van der Waals surface area contributed by atoms with Crippen LogP contribution in [0, 0.1) is 0 Å². The topological polar surface area (TPSA) is 66.5 Å². The molecule has 0 heterocycles. The van der Waals surface area contributed by atoms with Crippen LogP contribution in [0.25, 0.3) is 0 Å². The second-order valence-corrected chi connectivity index (χ2v) is 6.57. The van der Waals surface area contributed by atoms with E-state index in [0.717, 1.165) is 16.4 Å². The summed E-state index contributed by atoms with van der Waals surface area (Å²) >= 11 is 3.33. The van der Waals surface area contributed by atoms with Crippen LogP contribution < -0.4 is 9.62 Å². The standard InChI is InChI=1S/C11H15BrN2O3S/c1-9(15)14(7-6-13-18(2,16)17)11-5-3-4-10(12)8-11/h3-5,8,13H,6-7H2,1-2H3. The normalized spacial score (nSPS) is 11.3. The Morgan fingerprint density at radius 3 is 2.61 bits per heavy atom. The molecule has 0 aliphatic rings. The van der Waals surface area contributed by atoms with E-state index in [9.17, 15) is 13.2 Å². The first-order valence-electron chi connectivity index (χ1n) is 5.28. The molecule has 5 nitrogen and oxygen atoms in total. The molecule has 0 radical (unpaired) electrons. The molecule has 7 heteroatoms. The van der Waals surface area contributed by atoms with Gasteiger partial charge in [-0.05, 0) is 18.2 Å². The Labute approximate surface area is 115 Å². The Morgan fingerprint density at radius 1 is 1.44 bits per heavy atom. The minimum absolute atomic E-state index is 0.136. The third kappa shape index (κ3) is 5.16. The summed E-state index contributed by atoms with van der Waals surface area (Å²) < 4.78 is 25.1. The van der Waals surface area contributed by atoms with Crippen molar-refractivity contribution in [3.8, 4) is 0 Å². The first-order chi connectivity index (χ1) is 8.29. The van der Waals surface area contributed by atoms with Gasteiger partial charge >= 0.3 is 0 Å². The lowest BCUT2D eigenvalue weighted by atomic mass is 10.3. The van der Waals surface area contributed by atoms with E-state index < -0.39 is 10.0 Å². The Bertz CT molecular complexity index is 531. The van der Waals surface area contributed by atoms with Crippen molar-refractivity contribution in [1.29, 1.82) is 0 Å². The van der Waals surface area contributed by atoms with Crippen molar-refractivity contribution in [2.75, 3.05) is 24.2 Å². The molecule has 0 aromatic heterocycles.